The first kappa shape index (κ1) is 17.2. The van der Waals surface area contributed by atoms with Gasteiger partial charge in [-0.2, -0.15) is 0 Å². The van der Waals surface area contributed by atoms with Gasteiger partial charge in [0, 0.05) is 0 Å². The molecule has 1 fully saturated rings. The fraction of sp³-hybridized carbons (Fsp3) is 0.588. The number of allylic oxidation sites excluding steroid dienone is 1. The van der Waals surface area contributed by atoms with E-state index in [1.165, 1.54) is 7.11 Å². The van der Waals surface area contributed by atoms with Crippen molar-refractivity contribution in [1.29, 1.82) is 0 Å². The molecule has 2 aliphatic rings. The van der Waals surface area contributed by atoms with Crippen LogP contribution in [0.5, 0.6) is 0 Å². The predicted molar refractivity (Wildman–Crippen MR) is 81.2 cm³/mol. The van der Waals surface area contributed by atoms with Crippen LogP contribution < -0.4 is 0 Å². The molecule has 0 aromatic heterocycles. The van der Waals surface area contributed by atoms with Crippen LogP contribution in [0.1, 0.15) is 40.0 Å². The van der Waals surface area contributed by atoms with Crippen LogP contribution >= 0.6 is 0 Å². The molecule has 23 heavy (non-hydrogen) atoms. The predicted octanol–water partition coefficient (Wildman–Crippen LogP) is 2.08. The van der Waals surface area contributed by atoms with Gasteiger partial charge in [0.25, 0.3) is 0 Å². The Labute approximate surface area is 135 Å². The second-order valence-electron chi connectivity index (χ2n) is 6.24. The first-order valence-electron chi connectivity index (χ1n) is 7.74. The molecular formula is C17H22O6. The topological polar surface area (TPSA) is 78.9 Å². The summed E-state index contributed by atoms with van der Waals surface area (Å²) in [5.41, 5.74) is -0.665. The van der Waals surface area contributed by atoms with E-state index in [9.17, 15) is 14.4 Å². The highest BCUT2D eigenvalue weighted by atomic mass is 16.6. The van der Waals surface area contributed by atoms with Crippen LogP contribution in [0.15, 0.2) is 23.5 Å². The molecule has 2 rings (SSSR count). The molecule has 0 saturated carbocycles. The van der Waals surface area contributed by atoms with Crippen molar-refractivity contribution < 1.29 is 28.6 Å². The van der Waals surface area contributed by atoms with Crippen molar-refractivity contribution in [2.24, 2.45) is 5.92 Å². The molecule has 1 saturated heterocycles. The highest BCUT2D eigenvalue weighted by Crippen LogP contribution is 2.36. The average Bonchev–Trinajstić information content (AvgIpc) is 2.99. The van der Waals surface area contributed by atoms with Gasteiger partial charge in [0.15, 0.2) is 6.10 Å². The monoisotopic (exact) mass is 322 g/mol. The summed E-state index contributed by atoms with van der Waals surface area (Å²) in [6.45, 7) is 6.14. The molecule has 0 aromatic rings. The molecule has 0 aromatic carbocycles. The van der Waals surface area contributed by atoms with Gasteiger partial charge in [0.2, 0.25) is 5.78 Å². The fourth-order valence-electron chi connectivity index (χ4n) is 2.75. The number of methoxy groups -OCH3 is 1. The summed E-state index contributed by atoms with van der Waals surface area (Å²) < 4.78 is 15.3. The minimum Gasteiger partial charge on any atom is -0.482 e. The highest BCUT2D eigenvalue weighted by Gasteiger charge is 2.44. The molecule has 0 radical (unpaired) electrons. The van der Waals surface area contributed by atoms with Crippen LogP contribution in [0.3, 0.4) is 0 Å². The average molecular weight is 322 g/mol. The SMILES string of the molecule is CC[C@@H](C)C[C@]1(C)C=C/C(=C2/C(=O)O[C@H](CC(=O)OC)C2=O)O1. The van der Waals surface area contributed by atoms with Crippen LogP contribution in [0.2, 0.25) is 0 Å². The minimum atomic E-state index is -1.13. The zero-order valence-electron chi connectivity index (χ0n) is 13.9. The Morgan fingerprint density at radius 3 is 2.74 bits per heavy atom. The number of hydrogen-bond acceptors (Lipinski definition) is 6. The molecule has 0 spiro atoms. The molecule has 0 amide bonds. The maximum atomic E-state index is 12.3. The van der Waals surface area contributed by atoms with E-state index in [0.29, 0.717) is 5.92 Å². The van der Waals surface area contributed by atoms with Crippen molar-refractivity contribution in [2.75, 3.05) is 7.11 Å². The molecule has 2 aliphatic heterocycles. The Balaban J connectivity index is 2.17. The summed E-state index contributed by atoms with van der Waals surface area (Å²) in [6, 6.07) is 0. The second-order valence-corrected chi connectivity index (χ2v) is 6.24. The third-order valence-corrected chi connectivity index (χ3v) is 4.20. The molecule has 0 aliphatic carbocycles. The Morgan fingerprint density at radius 2 is 2.13 bits per heavy atom. The van der Waals surface area contributed by atoms with E-state index in [2.05, 4.69) is 18.6 Å². The van der Waals surface area contributed by atoms with Gasteiger partial charge in [-0.15, -0.1) is 0 Å². The Morgan fingerprint density at radius 1 is 1.43 bits per heavy atom. The molecule has 0 unspecified atom stereocenters. The van der Waals surface area contributed by atoms with E-state index in [1.807, 2.05) is 13.0 Å². The van der Waals surface area contributed by atoms with Crippen molar-refractivity contribution in [1.82, 2.24) is 0 Å². The molecular weight excluding hydrogens is 300 g/mol. The number of cyclic esters (lactones) is 1. The normalized spacial score (nSPS) is 31.0. The smallest absolute Gasteiger partial charge is 0.346 e. The minimum absolute atomic E-state index is 0.122. The van der Waals surface area contributed by atoms with E-state index >= 15 is 0 Å². The summed E-state index contributed by atoms with van der Waals surface area (Å²) in [7, 11) is 1.21. The summed E-state index contributed by atoms with van der Waals surface area (Å²) in [6.07, 6.45) is 3.88. The number of carbonyl (C=O) groups is 3. The first-order valence-corrected chi connectivity index (χ1v) is 7.74. The van der Waals surface area contributed by atoms with Crippen molar-refractivity contribution in [3.63, 3.8) is 0 Å². The number of ketones is 1. The quantitative estimate of drug-likeness (QED) is 0.438. The molecule has 2 heterocycles. The Bertz CT molecular complexity index is 588. The molecule has 0 bridgehead atoms. The summed E-state index contributed by atoms with van der Waals surface area (Å²) in [4.78, 5) is 35.6. The molecule has 3 atom stereocenters. The second kappa shape index (κ2) is 6.56. The van der Waals surface area contributed by atoms with E-state index in [4.69, 9.17) is 9.47 Å². The lowest BCUT2D eigenvalue weighted by Crippen LogP contribution is -2.25. The Hall–Kier alpha value is -2.11. The van der Waals surface area contributed by atoms with Gasteiger partial charge >= 0.3 is 11.9 Å². The largest absolute Gasteiger partial charge is 0.482 e. The highest BCUT2D eigenvalue weighted by molar-refractivity contribution is 6.24. The number of esters is 2. The van der Waals surface area contributed by atoms with Gasteiger partial charge in [-0.25, -0.2) is 4.79 Å². The zero-order valence-corrected chi connectivity index (χ0v) is 13.9. The van der Waals surface area contributed by atoms with E-state index in [0.717, 1.165) is 12.8 Å². The fourth-order valence-corrected chi connectivity index (χ4v) is 2.75. The lowest BCUT2D eigenvalue weighted by molar-refractivity contribution is -0.149. The number of carbonyl (C=O) groups excluding carboxylic acids is 3. The molecule has 6 heteroatoms. The number of hydrogen-bond donors (Lipinski definition) is 0. The van der Waals surface area contributed by atoms with Crippen molar-refractivity contribution >= 4 is 17.7 Å². The molecule has 6 nitrogen and oxygen atoms in total. The number of rotatable bonds is 5. The van der Waals surface area contributed by atoms with Gasteiger partial charge < -0.3 is 14.2 Å². The summed E-state index contributed by atoms with van der Waals surface area (Å²) in [5.74, 6) is -1.22. The van der Waals surface area contributed by atoms with Gasteiger partial charge in [-0.3, -0.25) is 9.59 Å². The third-order valence-electron chi connectivity index (χ3n) is 4.20. The standard InChI is InChI=1S/C17H22O6/c1-5-10(2)9-17(3)7-6-11(23-17)14-15(19)12(22-16(14)20)8-13(18)21-4/h6-7,10,12H,5,8-9H2,1-4H3/b14-11-/t10-,12-,17+/m1/s1. The van der Waals surface area contributed by atoms with Crippen molar-refractivity contribution in [3.05, 3.63) is 23.5 Å². The third kappa shape index (κ3) is 3.63. The number of ether oxygens (including phenoxy) is 3. The van der Waals surface area contributed by atoms with Gasteiger partial charge in [-0.1, -0.05) is 20.3 Å². The van der Waals surface area contributed by atoms with Crippen LogP contribution in [0.4, 0.5) is 0 Å². The van der Waals surface area contributed by atoms with Crippen LogP contribution in [-0.4, -0.2) is 36.5 Å². The lowest BCUT2D eigenvalue weighted by Gasteiger charge is -2.26. The van der Waals surface area contributed by atoms with Crippen LogP contribution in [0, 0.1) is 5.92 Å². The summed E-state index contributed by atoms with van der Waals surface area (Å²) in [5, 5.41) is 0. The molecule has 126 valence electrons. The first-order chi connectivity index (χ1) is 10.8. The van der Waals surface area contributed by atoms with Crippen LogP contribution in [0.25, 0.3) is 0 Å². The Kier molecular flexibility index (Phi) is 4.92. The maximum absolute atomic E-state index is 12.3. The van der Waals surface area contributed by atoms with Crippen molar-refractivity contribution in [2.45, 2.75) is 51.7 Å². The van der Waals surface area contributed by atoms with E-state index < -0.39 is 29.4 Å². The van der Waals surface area contributed by atoms with Crippen molar-refractivity contribution in [3.8, 4) is 0 Å². The number of Topliss-reactive ketones (excluding diaryl/α,β-unsaturated/α-hetero) is 1. The maximum Gasteiger partial charge on any atom is 0.346 e. The zero-order chi connectivity index (χ0) is 17.2. The van der Waals surface area contributed by atoms with Crippen LogP contribution in [-0.2, 0) is 28.6 Å². The molecule has 0 N–H and O–H groups in total. The van der Waals surface area contributed by atoms with Gasteiger partial charge in [0.05, 0.1) is 13.5 Å². The summed E-state index contributed by atoms with van der Waals surface area (Å²) >= 11 is 0. The van der Waals surface area contributed by atoms with Gasteiger partial charge in [-0.05, 0) is 31.4 Å². The van der Waals surface area contributed by atoms with E-state index in [1.54, 1.807) is 6.08 Å². The van der Waals surface area contributed by atoms with Gasteiger partial charge in [0.1, 0.15) is 16.9 Å². The lowest BCUT2D eigenvalue weighted by atomic mass is 9.92. The van der Waals surface area contributed by atoms with E-state index in [-0.39, 0.29) is 17.8 Å².